The maximum atomic E-state index is 12.0. The molecule has 0 spiro atoms. The van der Waals surface area contributed by atoms with Gasteiger partial charge in [-0.05, 0) is 44.2 Å². The second-order valence-corrected chi connectivity index (χ2v) is 7.31. The molecule has 0 radical (unpaired) electrons. The summed E-state index contributed by atoms with van der Waals surface area (Å²) in [6.07, 6.45) is 0. The first-order valence-electron chi connectivity index (χ1n) is 7.65. The van der Waals surface area contributed by atoms with Gasteiger partial charge >= 0.3 is 0 Å². The van der Waals surface area contributed by atoms with E-state index in [4.69, 9.17) is 9.47 Å². The number of nitrogens with zero attached hydrogens (tertiary/aromatic N) is 2. The lowest BCUT2D eigenvalue weighted by Gasteiger charge is -2.09. The van der Waals surface area contributed by atoms with Crippen LogP contribution >= 0.6 is 0 Å². The van der Waals surface area contributed by atoms with Crippen molar-refractivity contribution in [2.75, 3.05) is 26.0 Å². The Hall–Kier alpha value is -2.06. The Morgan fingerprint density at radius 1 is 1.17 bits per heavy atom. The summed E-state index contributed by atoms with van der Waals surface area (Å²) in [5, 5.41) is 4.29. The van der Waals surface area contributed by atoms with Crippen LogP contribution in [-0.4, -0.2) is 44.2 Å². The predicted molar refractivity (Wildman–Crippen MR) is 92.0 cm³/mol. The van der Waals surface area contributed by atoms with E-state index in [-0.39, 0.29) is 12.4 Å². The van der Waals surface area contributed by atoms with Gasteiger partial charge in [-0.3, -0.25) is 4.68 Å². The minimum atomic E-state index is -3.38. The minimum Gasteiger partial charge on any atom is -0.497 e. The highest BCUT2D eigenvalue weighted by Gasteiger charge is 2.10. The number of benzene rings is 1. The fraction of sp³-hybridized carbons (Fsp3) is 0.438. The van der Waals surface area contributed by atoms with Crippen molar-refractivity contribution in [2.45, 2.75) is 20.4 Å². The van der Waals surface area contributed by atoms with E-state index in [2.05, 4.69) is 9.82 Å². The van der Waals surface area contributed by atoms with Crippen molar-refractivity contribution >= 4 is 10.0 Å². The molecule has 0 saturated heterocycles. The van der Waals surface area contributed by atoms with Crippen LogP contribution in [0.3, 0.4) is 0 Å². The van der Waals surface area contributed by atoms with E-state index >= 15 is 0 Å². The van der Waals surface area contributed by atoms with Gasteiger partial charge in [-0.2, -0.15) is 5.10 Å². The van der Waals surface area contributed by atoms with Crippen molar-refractivity contribution in [3.63, 3.8) is 0 Å². The summed E-state index contributed by atoms with van der Waals surface area (Å²) in [7, 11) is -1.80. The van der Waals surface area contributed by atoms with E-state index in [1.807, 2.05) is 19.9 Å². The van der Waals surface area contributed by atoms with Crippen LogP contribution in [0, 0.1) is 13.8 Å². The third-order valence-corrected chi connectivity index (χ3v) is 4.78. The fourth-order valence-electron chi connectivity index (χ4n) is 2.22. The Bertz CT molecular complexity index is 754. The molecule has 0 unspecified atom stereocenters. The molecule has 132 valence electrons. The Morgan fingerprint density at radius 3 is 2.42 bits per heavy atom. The monoisotopic (exact) mass is 353 g/mol. The van der Waals surface area contributed by atoms with Crippen LogP contribution in [0.5, 0.6) is 11.5 Å². The van der Waals surface area contributed by atoms with E-state index < -0.39 is 10.0 Å². The number of sulfonamides is 1. The van der Waals surface area contributed by atoms with Crippen LogP contribution in [0.25, 0.3) is 0 Å². The predicted octanol–water partition coefficient (Wildman–Crippen LogP) is 1.51. The van der Waals surface area contributed by atoms with Crippen LogP contribution in [0.1, 0.15) is 11.4 Å². The number of ether oxygens (including phenoxy) is 2. The molecule has 0 aliphatic heterocycles. The first-order valence-corrected chi connectivity index (χ1v) is 9.30. The third-order valence-electron chi connectivity index (χ3n) is 3.43. The maximum absolute atomic E-state index is 12.0. The zero-order chi connectivity index (χ0) is 17.6. The lowest BCUT2D eigenvalue weighted by atomic mass is 10.3. The van der Waals surface area contributed by atoms with Gasteiger partial charge in [-0.25, -0.2) is 13.1 Å². The molecule has 2 aromatic rings. The molecule has 1 aromatic carbocycles. The van der Waals surface area contributed by atoms with Crippen LogP contribution < -0.4 is 14.2 Å². The highest BCUT2D eigenvalue weighted by molar-refractivity contribution is 7.89. The number of hydrogen-bond donors (Lipinski definition) is 1. The molecule has 8 heteroatoms. The Kier molecular flexibility index (Phi) is 6.22. The van der Waals surface area contributed by atoms with E-state index in [0.29, 0.717) is 18.8 Å². The van der Waals surface area contributed by atoms with Gasteiger partial charge in [0.05, 0.1) is 25.1 Å². The molecule has 1 heterocycles. The van der Waals surface area contributed by atoms with Crippen molar-refractivity contribution in [1.29, 1.82) is 0 Å². The quantitative estimate of drug-likeness (QED) is 0.739. The molecular weight excluding hydrogens is 330 g/mol. The molecule has 0 atom stereocenters. The van der Waals surface area contributed by atoms with Crippen LogP contribution in [0.2, 0.25) is 0 Å². The SMILES string of the molecule is COc1ccc(OCCS(=O)(=O)NCCn2nc(C)cc2C)cc1. The standard InChI is InChI=1S/C16H23N3O4S/c1-13-12-14(2)19(18-13)9-8-17-24(20,21)11-10-23-16-6-4-15(22-3)5-7-16/h4-7,12,17H,8-11H2,1-3H3. The molecular formula is C16H23N3O4S. The maximum Gasteiger partial charge on any atom is 0.215 e. The smallest absolute Gasteiger partial charge is 0.215 e. The zero-order valence-corrected chi connectivity index (χ0v) is 15.0. The number of aromatic nitrogens is 2. The number of rotatable bonds is 9. The summed E-state index contributed by atoms with van der Waals surface area (Å²) in [5.74, 6) is 1.23. The molecule has 1 aromatic heterocycles. The Morgan fingerprint density at radius 2 is 1.83 bits per heavy atom. The third kappa shape index (κ3) is 5.54. The summed E-state index contributed by atoms with van der Waals surface area (Å²) in [6, 6.07) is 8.95. The molecule has 1 N–H and O–H groups in total. The van der Waals surface area contributed by atoms with Gasteiger partial charge in [0.25, 0.3) is 0 Å². The number of aryl methyl sites for hydroxylation is 2. The highest BCUT2D eigenvalue weighted by Crippen LogP contribution is 2.16. The van der Waals surface area contributed by atoms with Crippen LogP contribution in [0.15, 0.2) is 30.3 Å². The molecule has 0 fully saturated rings. The normalized spacial score (nSPS) is 11.5. The second kappa shape index (κ2) is 8.16. The molecule has 0 aliphatic rings. The minimum absolute atomic E-state index is 0.0849. The number of methoxy groups -OCH3 is 1. The lowest BCUT2D eigenvalue weighted by molar-refractivity contribution is 0.339. The summed E-state index contributed by atoms with van der Waals surface area (Å²) in [5.41, 5.74) is 1.93. The molecule has 0 amide bonds. The summed E-state index contributed by atoms with van der Waals surface area (Å²) in [4.78, 5) is 0. The molecule has 24 heavy (non-hydrogen) atoms. The van der Waals surface area contributed by atoms with Gasteiger partial charge < -0.3 is 9.47 Å². The Labute approximate surface area is 142 Å². The van der Waals surface area contributed by atoms with Crippen LogP contribution in [-0.2, 0) is 16.6 Å². The van der Waals surface area contributed by atoms with Crippen molar-refractivity contribution in [1.82, 2.24) is 14.5 Å². The molecule has 0 aliphatic carbocycles. The van der Waals surface area contributed by atoms with Gasteiger partial charge in [0.1, 0.15) is 18.1 Å². The van der Waals surface area contributed by atoms with Gasteiger partial charge in [0.2, 0.25) is 10.0 Å². The van der Waals surface area contributed by atoms with Crippen molar-refractivity contribution in [3.8, 4) is 11.5 Å². The van der Waals surface area contributed by atoms with Gasteiger partial charge in [0, 0.05) is 12.2 Å². The average molecular weight is 353 g/mol. The molecule has 2 rings (SSSR count). The molecule has 0 saturated carbocycles. The average Bonchev–Trinajstić information content (AvgIpc) is 2.85. The Balaban J connectivity index is 1.73. The number of nitrogens with one attached hydrogen (secondary N) is 1. The first kappa shape index (κ1) is 18.3. The zero-order valence-electron chi connectivity index (χ0n) is 14.2. The molecule has 7 nitrogen and oxygen atoms in total. The van der Waals surface area contributed by atoms with Gasteiger partial charge in [-0.15, -0.1) is 0 Å². The van der Waals surface area contributed by atoms with E-state index in [1.165, 1.54) is 0 Å². The van der Waals surface area contributed by atoms with Crippen LogP contribution in [0.4, 0.5) is 0 Å². The first-order chi connectivity index (χ1) is 11.4. The summed E-state index contributed by atoms with van der Waals surface area (Å²) >= 11 is 0. The largest absolute Gasteiger partial charge is 0.497 e. The van der Waals surface area contributed by atoms with Crippen molar-refractivity contribution < 1.29 is 17.9 Å². The lowest BCUT2D eigenvalue weighted by Crippen LogP contribution is -2.32. The fourth-order valence-corrected chi connectivity index (χ4v) is 3.07. The molecule has 0 bridgehead atoms. The van der Waals surface area contributed by atoms with Crippen molar-refractivity contribution in [3.05, 3.63) is 41.7 Å². The second-order valence-electron chi connectivity index (χ2n) is 5.39. The summed E-state index contributed by atoms with van der Waals surface area (Å²) < 4.78 is 38.8. The van der Waals surface area contributed by atoms with Crippen molar-refractivity contribution in [2.24, 2.45) is 0 Å². The highest BCUT2D eigenvalue weighted by atomic mass is 32.2. The van der Waals surface area contributed by atoms with E-state index in [1.54, 1.807) is 36.1 Å². The van der Waals surface area contributed by atoms with E-state index in [0.717, 1.165) is 17.1 Å². The summed E-state index contributed by atoms with van der Waals surface area (Å²) in [6.45, 7) is 4.73. The topological polar surface area (TPSA) is 82.5 Å². The van der Waals surface area contributed by atoms with E-state index in [9.17, 15) is 8.42 Å². The van der Waals surface area contributed by atoms with Gasteiger partial charge in [-0.1, -0.05) is 0 Å². The van der Waals surface area contributed by atoms with Gasteiger partial charge in [0.15, 0.2) is 0 Å². The number of hydrogen-bond acceptors (Lipinski definition) is 5.